The minimum atomic E-state index is -0.248. The molecule has 2 nitrogen and oxygen atoms in total. The van der Waals surface area contributed by atoms with Gasteiger partial charge in [-0.15, -0.1) is 0 Å². The fourth-order valence-corrected chi connectivity index (χ4v) is 10.8. The Morgan fingerprint density at radius 3 is 1.90 bits per heavy atom. The standard InChI is InChI=1S/C59H39FN2/c1-59(2)51-32-39(21-28-47(51)48-31-27-45(35-52(48)59)61(43-14-4-3-5-15-43)53-17-9-11-36-10-6-7-16-46(36)53)40-22-29-49-54(33-40)62(44-25-23-42(60)24-26-44)55-34-41-19-18-37-12-8-13-38-20-30-50(58(49)55)57(41)56(37)38/h3-35H,1-2H3. The topological polar surface area (TPSA) is 8.17 Å². The van der Waals surface area contributed by atoms with Gasteiger partial charge in [-0.25, -0.2) is 4.39 Å². The molecule has 0 bridgehead atoms. The molecule has 0 atom stereocenters. The van der Waals surface area contributed by atoms with E-state index in [0.29, 0.717) is 0 Å². The Morgan fingerprint density at radius 2 is 1.06 bits per heavy atom. The number of halogens is 1. The zero-order valence-corrected chi connectivity index (χ0v) is 34.3. The van der Waals surface area contributed by atoms with Crippen LogP contribution in [0.15, 0.2) is 200 Å². The molecule has 13 rings (SSSR count). The van der Waals surface area contributed by atoms with Gasteiger partial charge in [0.2, 0.25) is 0 Å². The van der Waals surface area contributed by atoms with Crippen molar-refractivity contribution in [1.82, 2.24) is 4.57 Å². The third-order valence-electron chi connectivity index (χ3n) is 13.7. The lowest BCUT2D eigenvalue weighted by molar-refractivity contribution is 0.627. The van der Waals surface area contributed by atoms with E-state index in [-0.39, 0.29) is 11.2 Å². The number of anilines is 3. The van der Waals surface area contributed by atoms with E-state index in [4.69, 9.17) is 0 Å². The molecule has 1 aliphatic rings. The van der Waals surface area contributed by atoms with E-state index in [2.05, 4.69) is 199 Å². The number of aromatic nitrogens is 1. The highest BCUT2D eigenvalue weighted by Gasteiger charge is 2.36. The summed E-state index contributed by atoms with van der Waals surface area (Å²) in [6.07, 6.45) is 0. The third-order valence-corrected chi connectivity index (χ3v) is 13.7. The summed E-state index contributed by atoms with van der Waals surface area (Å²) in [5.41, 5.74) is 13.8. The molecule has 0 unspecified atom stereocenters. The van der Waals surface area contributed by atoms with Crippen molar-refractivity contribution in [3.05, 3.63) is 217 Å². The highest BCUT2D eigenvalue weighted by Crippen LogP contribution is 2.52. The number of rotatable bonds is 5. The predicted octanol–water partition coefficient (Wildman–Crippen LogP) is 16.4. The first-order chi connectivity index (χ1) is 30.4. The van der Waals surface area contributed by atoms with Gasteiger partial charge in [-0.05, 0) is 144 Å². The van der Waals surface area contributed by atoms with Gasteiger partial charge in [0, 0.05) is 38.6 Å². The van der Waals surface area contributed by atoms with E-state index in [9.17, 15) is 4.39 Å². The first-order valence-electron chi connectivity index (χ1n) is 21.4. The molecular weight excluding hydrogens is 756 g/mol. The molecule has 11 aromatic carbocycles. The van der Waals surface area contributed by atoms with Crippen molar-refractivity contribution in [1.29, 1.82) is 0 Å². The Balaban J connectivity index is 0.970. The molecule has 0 aliphatic heterocycles. The molecule has 292 valence electrons. The van der Waals surface area contributed by atoms with Gasteiger partial charge in [-0.3, -0.25) is 0 Å². The second-order valence-corrected chi connectivity index (χ2v) is 17.5. The maximum absolute atomic E-state index is 14.4. The molecular formula is C59H39FN2. The van der Waals surface area contributed by atoms with Gasteiger partial charge < -0.3 is 9.47 Å². The van der Waals surface area contributed by atoms with Crippen LogP contribution in [0, 0.1) is 5.82 Å². The monoisotopic (exact) mass is 794 g/mol. The Labute approximate surface area is 358 Å². The van der Waals surface area contributed by atoms with Crippen LogP contribution in [0.25, 0.3) is 92.8 Å². The predicted molar refractivity (Wildman–Crippen MR) is 260 cm³/mol. The molecule has 0 saturated carbocycles. The van der Waals surface area contributed by atoms with Crippen LogP contribution in [-0.2, 0) is 5.41 Å². The quantitative estimate of drug-likeness (QED) is 0.158. The van der Waals surface area contributed by atoms with E-state index in [1.165, 1.54) is 81.7 Å². The maximum Gasteiger partial charge on any atom is 0.123 e. The molecule has 62 heavy (non-hydrogen) atoms. The van der Waals surface area contributed by atoms with Crippen molar-refractivity contribution in [3.8, 4) is 27.9 Å². The summed E-state index contributed by atoms with van der Waals surface area (Å²) in [7, 11) is 0. The van der Waals surface area contributed by atoms with Crippen molar-refractivity contribution in [3.63, 3.8) is 0 Å². The molecule has 0 spiro atoms. The number of benzene rings is 11. The summed E-state index contributed by atoms with van der Waals surface area (Å²) in [5, 5.41) is 12.4. The summed E-state index contributed by atoms with van der Waals surface area (Å²) in [6, 6.07) is 71.7. The Morgan fingerprint density at radius 1 is 0.419 bits per heavy atom. The molecule has 1 aliphatic carbocycles. The smallest absolute Gasteiger partial charge is 0.123 e. The lowest BCUT2D eigenvalue weighted by atomic mass is 9.81. The van der Waals surface area contributed by atoms with Gasteiger partial charge in [0.25, 0.3) is 0 Å². The second kappa shape index (κ2) is 12.9. The van der Waals surface area contributed by atoms with Crippen molar-refractivity contribution in [2.75, 3.05) is 4.90 Å². The molecule has 0 fully saturated rings. The molecule has 12 aromatic rings. The molecule has 1 heterocycles. The van der Waals surface area contributed by atoms with Gasteiger partial charge in [0.05, 0.1) is 16.7 Å². The molecule has 0 saturated heterocycles. The molecule has 1 aromatic heterocycles. The number of hydrogen-bond acceptors (Lipinski definition) is 1. The highest BCUT2D eigenvalue weighted by molar-refractivity contribution is 6.33. The van der Waals surface area contributed by atoms with E-state index in [1.54, 1.807) is 12.1 Å². The first kappa shape index (κ1) is 35.0. The van der Waals surface area contributed by atoms with Crippen molar-refractivity contribution in [2.45, 2.75) is 19.3 Å². The Bertz CT molecular complexity index is 3760. The first-order valence-corrected chi connectivity index (χ1v) is 21.4. The van der Waals surface area contributed by atoms with Gasteiger partial charge in [-0.1, -0.05) is 141 Å². The second-order valence-electron chi connectivity index (χ2n) is 17.5. The fourth-order valence-electron chi connectivity index (χ4n) is 10.8. The fraction of sp³-hybridized carbons (Fsp3) is 0.0508. The number of fused-ring (bicyclic) bond motifs is 8. The van der Waals surface area contributed by atoms with Crippen LogP contribution in [0.4, 0.5) is 21.5 Å². The SMILES string of the molecule is CC1(C)c2cc(-c3ccc4c5c6ccc7cccc8ccc(cc5n(-c5ccc(F)cc5)c4c3)c6c87)ccc2-c2ccc(N(c3ccccc3)c3cccc4ccccc34)cc21. The van der Waals surface area contributed by atoms with Crippen molar-refractivity contribution < 1.29 is 4.39 Å². The van der Waals surface area contributed by atoms with Gasteiger partial charge in [0.1, 0.15) is 5.82 Å². The summed E-state index contributed by atoms with van der Waals surface area (Å²) in [5.74, 6) is -0.243. The Kier molecular flexibility index (Phi) is 7.28. The lowest BCUT2D eigenvalue weighted by Gasteiger charge is -2.29. The number of para-hydroxylation sites is 1. The summed E-state index contributed by atoms with van der Waals surface area (Å²) in [6.45, 7) is 4.73. The van der Waals surface area contributed by atoms with Crippen LogP contribution in [0.5, 0.6) is 0 Å². The summed E-state index contributed by atoms with van der Waals surface area (Å²) < 4.78 is 16.8. The molecule has 0 radical (unpaired) electrons. The van der Waals surface area contributed by atoms with Crippen LogP contribution in [-0.4, -0.2) is 4.57 Å². The van der Waals surface area contributed by atoms with E-state index < -0.39 is 0 Å². The average molecular weight is 795 g/mol. The van der Waals surface area contributed by atoms with Crippen LogP contribution >= 0.6 is 0 Å². The third kappa shape index (κ3) is 4.97. The zero-order chi connectivity index (χ0) is 41.3. The zero-order valence-electron chi connectivity index (χ0n) is 34.3. The van der Waals surface area contributed by atoms with Crippen LogP contribution in [0.1, 0.15) is 25.0 Å². The van der Waals surface area contributed by atoms with Crippen LogP contribution in [0.3, 0.4) is 0 Å². The van der Waals surface area contributed by atoms with E-state index in [1.807, 2.05) is 12.1 Å². The van der Waals surface area contributed by atoms with Crippen molar-refractivity contribution in [2.24, 2.45) is 0 Å². The average Bonchev–Trinajstić information content (AvgIpc) is 3.75. The van der Waals surface area contributed by atoms with Crippen LogP contribution in [0.2, 0.25) is 0 Å². The Hall–Kier alpha value is -7.75. The number of hydrogen-bond donors (Lipinski definition) is 0. The van der Waals surface area contributed by atoms with E-state index in [0.717, 1.165) is 39.3 Å². The van der Waals surface area contributed by atoms with Crippen molar-refractivity contribution >= 4 is 82.0 Å². The van der Waals surface area contributed by atoms with Gasteiger partial charge >= 0.3 is 0 Å². The van der Waals surface area contributed by atoms with Gasteiger partial charge in [0.15, 0.2) is 0 Å². The molecule has 0 N–H and O–H groups in total. The molecule has 0 amide bonds. The number of nitrogens with zero attached hydrogens (tertiary/aromatic N) is 2. The largest absolute Gasteiger partial charge is 0.310 e. The highest BCUT2D eigenvalue weighted by atomic mass is 19.1. The summed E-state index contributed by atoms with van der Waals surface area (Å²) in [4.78, 5) is 2.40. The summed E-state index contributed by atoms with van der Waals surface area (Å²) >= 11 is 0. The normalized spacial score (nSPS) is 13.2. The van der Waals surface area contributed by atoms with E-state index >= 15 is 0 Å². The van der Waals surface area contributed by atoms with Gasteiger partial charge in [-0.2, -0.15) is 0 Å². The minimum absolute atomic E-state index is 0.243. The van der Waals surface area contributed by atoms with Crippen LogP contribution < -0.4 is 4.90 Å². The lowest BCUT2D eigenvalue weighted by Crippen LogP contribution is -2.16. The molecule has 3 heteroatoms. The maximum atomic E-state index is 14.4. The minimum Gasteiger partial charge on any atom is -0.310 e.